The van der Waals surface area contributed by atoms with E-state index in [0.29, 0.717) is 17.7 Å². The van der Waals surface area contributed by atoms with Gasteiger partial charge in [0.2, 0.25) is 5.91 Å². The number of carbonyl (C=O) groups excluding carboxylic acids is 2. The molecule has 1 unspecified atom stereocenters. The van der Waals surface area contributed by atoms with Crippen LogP contribution in [0.1, 0.15) is 57.3 Å². The molecular weight excluding hydrogens is 349 g/mol. The van der Waals surface area contributed by atoms with Crippen molar-refractivity contribution in [1.29, 1.82) is 0 Å². The van der Waals surface area contributed by atoms with E-state index in [1.54, 1.807) is 18.2 Å². The zero-order valence-corrected chi connectivity index (χ0v) is 16.2. The van der Waals surface area contributed by atoms with Gasteiger partial charge in [-0.3, -0.25) is 9.59 Å². The summed E-state index contributed by atoms with van der Waals surface area (Å²) >= 11 is 6.18. The molecule has 24 heavy (non-hydrogen) atoms. The van der Waals surface area contributed by atoms with Gasteiger partial charge in [0.25, 0.3) is 5.91 Å². The number of anilines is 1. The second kappa shape index (κ2) is 9.87. The monoisotopic (exact) mass is 375 g/mol. The fourth-order valence-corrected chi connectivity index (χ4v) is 2.18. The minimum absolute atomic E-state index is 0. The van der Waals surface area contributed by atoms with Crippen LogP contribution in [0.25, 0.3) is 0 Å². The summed E-state index contributed by atoms with van der Waals surface area (Å²) in [5.74, 6) is -0.491. The standard InChI is InChI=1S/C17H26ClN3O2.ClH/c1-5-7-14(19)16(23)20-11-8-9-12(13(18)10-11)15(22)21-17(3,4)6-2;/h8-10,14H,5-7,19H2,1-4H3,(H,20,23)(H,21,22);1H. The van der Waals surface area contributed by atoms with E-state index in [0.717, 1.165) is 12.8 Å². The van der Waals surface area contributed by atoms with E-state index in [1.807, 2.05) is 27.7 Å². The predicted octanol–water partition coefficient (Wildman–Crippen LogP) is 3.75. The molecule has 0 fully saturated rings. The summed E-state index contributed by atoms with van der Waals surface area (Å²) < 4.78 is 0. The molecule has 1 aromatic rings. The second-order valence-corrected chi connectivity index (χ2v) is 6.68. The molecule has 0 heterocycles. The summed E-state index contributed by atoms with van der Waals surface area (Å²) in [7, 11) is 0. The Bertz CT molecular complexity index is 577. The van der Waals surface area contributed by atoms with Gasteiger partial charge < -0.3 is 16.4 Å². The van der Waals surface area contributed by atoms with Crippen molar-refractivity contribution in [3.8, 4) is 0 Å². The Hall–Kier alpha value is -1.30. The lowest BCUT2D eigenvalue weighted by molar-refractivity contribution is -0.117. The SMILES string of the molecule is CCCC(N)C(=O)Nc1ccc(C(=O)NC(C)(C)CC)c(Cl)c1.Cl. The van der Waals surface area contributed by atoms with Gasteiger partial charge in [0.15, 0.2) is 0 Å². The molecule has 136 valence electrons. The molecule has 1 atom stereocenters. The first-order chi connectivity index (χ1) is 10.7. The minimum Gasteiger partial charge on any atom is -0.347 e. The maximum Gasteiger partial charge on any atom is 0.253 e. The number of nitrogens with one attached hydrogen (secondary N) is 2. The molecule has 0 radical (unpaired) electrons. The first kappa shape index (κ1) is 22.7. The van der Waals surface area contributed by atoms with Gasteiger partial charge in [-0.05, 0) is 44.9 Å². The van der Waals surface area contributed by atoms with Crippen LogP contribution in [-0.2, 0) is 4.79 Å². The highest BCUT2D eigenvalue weighted by molar-refractivity contribution is 6.34. The Morgan fingerprint density at radius 1 is 1.29 bits per heavy atom. The van der Waals surface area contributed by atoms with Crippen LogP contribution < -0.4 is 16.4 Å². The fraction of sp³-hybridized carbons (Fsp3) is 0.529. The Morgan fingerprint density at radius 2 is 1.92 bits per heavy atom. The molecule has 0 spiro atoms. The molecule has 0 aliphatic heterocycles. The van der Waals surface area contributed by atoms with Crippen LogP contribution in [0.15, 0.2) is 18.2 Å². The van der Waals surface area contributed by atoms with Crippen molar-refractivity contribution in [2.45, 2.75) is 58.5 Å². The van der Waals surface area contributed by atoms with Crippen molar-refractivity contribution in [3.63, 3.8) is 0 Å². The molecule has 0 aliphatic carbocycles. The molecule has 1 rings (SSSR count). The first-order valence-corrected chi connectivity index (χ1v) is 8.26. The third kappa shape index (κ3) is 6.67. The molecule has 2 amide bonds. The average molecular weight is 376 g/mol. The number of carbonyl (C=O) groups is 2. The lowest BCUT2D eigenvalue weighted by Crippen LogP contribution is -2.42. The summed E-state index contributed by atoms with van der Waals surface area (Å²) in [5.41, 5.74) is 6.37. The Kier molecular flexibility index (Phi) is 9.33. The lowest BCUT2D eigenvalue weighted by atomic mass is 10.0. The maximum absolute atomic E-state index is 12.3. The summed E-state index contributed by atoms with van der Waals surface area (Å²) in [6.45, 7) is 7.86. The molecular formula is C17H27Cl2N3O2. The molecule has 0 aliphatic rings. The Balaban J connectivity index is 0.00000529. The van der Waals surface area contributed by atoms with Crippen molar-refractivity contribution in [2.75, 3.05) is 5.32 Å². The molecule has 0 aromatic heterocycles. The molecule has 5 nitrogen and oxygen atoms in total. The van der Waals surface area contributed by atoms with E-state index in [1.165, 1.54) is 0 Å². The van der Waals surface area contributed by atoms with Gasteiger partial charge in [-0.25, -0.2) is 0 Å². The topological polar surface area (TPSA) is 84.2 Å². The van der Waals surface area contributed by atoms with Gasteiger partial charge >= 0.3 is 0 Å². The average Bonchev–Trinajstić information content (AvgIpc) is 2.47. The third-order valence-electron chi connectivity index (χ3n) is 3.75. The van der Waals surface area contributed by atoms with E-state index >= 15 is 0 Å². The summed E-state index contributed by atoms with van der Waals surface area (Å²) in [5, 5.41) is 5.93. The van der Waals surface area contributed by atoms with E-state index in [2.05, 4.69) is 10.6 Å². The van der Waals surface area contributed by atoms with Gasteiger partial charge in [-0.15, -0.1) is 12.4 Å². The van der Waals surface area contributed by atoms with Gasteiger partial charge in [0, 0.05) is 11.2 Å². The second-order valence-electron chi connectivity index (χ2n) is 6.27. The number of hydrogen-bond acceptors (Lipinski definition) is 3. The largest absolute Gasteiger partial charge is 0.347 e. The first-order valence-electron chi connectivity index (χ1n) is 7.88. The lowest BCUT2D eigenvalue weighted by Gasteiger charge is -2.24. The van der Waals surface area contributed by atoms with Crippen molar-refractivity contribution >= 4 is 41.5 Å². The Labute approximate surface area is 155 Å². The zero-order chi connectivity index (χ0) is 17.6. The van der Waals surface area contributed by atoms with Crippen molar-refractivity contribution in [2.24, 2.45) is 5.73 Å². The van der Waals surface area contributed by atoms with E-state index < -0.39 is 6.04 Å². The zero-order valence-electron chi connectivity index (χ0n) is 14.6. The number of hydrogen-bond donors (Lipinski definition) is 3. The summed E-state index contributed by atoms with van der Waals surface area (Å²) in [4.78, 5) is 24.2. The maximum atomic E-state index is 12.3. The van der Waals surface area contributed by atoms with Crippen LogP contribution in [0.3, 0.4) is 0 Å². The number of rotatable bonds is 7. The van der Waals surface area contributed by atoms with Gasteiger partial charge in [0.1, 0.15) is 0 Å². The molecule has 0 bridgehead atoms. The molecule has 0 saturated carbocycles. The highest BCUT2D eigenvalue weighted by Gasteiger charge is 2.21. The van der Waals surface area contributed by atoms with Gasteiger partial charge in [-0.2, -0.15) is 0 Å². The number of benzene rings is 1. The van der Waals surface area contributed by atoms with Crippen LogP contribution in [0.2, 0.25) is 5.02 Å². The van der Waals surface area contributed by atoms with E-state index in [4.69, 9.17) is 17.3 Å². The van der Waals surface area contributed by atoms with E-state index in [9.17, 15) is 9.59 Å². The highest BCUT2D eigenvalue weighted by Crippen LogP contribution is 2.22. The Morgan fingerprint density at radius 3 is 2.42 bits per heavy atom. The smallest absolute Gasteiger partial charge is 0.253 e. The molecule has 1 aromatic carbocycles. The molecule has 7 heteroatoms. The van der Waals surface area contributed by atoms with Crippen molar-refractivity contribution in [3.05, 3.63) is 28.8 Å². The van der Waals surface area contributed by atoms with Crippen LogP contribution in [0.4, 0.5) is 5.69 Å². The minimum atomic E-state index is -0.549. The van der Waals surface area contributed by atoms with Crippen LogP contribution >= 0.6 is 24.0 Å². The van der Waals surface area contributed by atoms with Crippen molar-refractivity contribution in [1.82, 2.24) is 5.32 Å². The van der Waals surface area contributed by atoms with Crippen LogP contribution in [0, 0.1) is 0 Å². The predicted molar refractivity (Wildman–Crippen MR) is 102 cm³/mol. The quantitative estimate of drug-likeness (QED) is 0.678. The fourth-order valence-electron chi connectivity index (χ4n) is 1.92. The normalized spacial score (nSPS) is 12.1. The number of halogens is 2. The highest BCUT2D eigenvalue weighted by atomic mass is 35.5. The third-order valence-corrected chi connectivity index (χ3v) is 4.07. The molecule has 4 N–H and O–H groups in total. The molecule has 0 saturated heterocycles. The van der Waals surface area contributed by atoms with Gasteiger partial charge in [-0.1, -0.05) is 31.9 Å². The van der Waals surface area contributed by atoms with Crippen LogP contribution in [-0.4, -0.2) is 23.4 Å². The summed E-state index contributed by atoms with van der Waals surface area (Å²) in [6.07, 6.45) is 2.26. The number of amides is 2. The van der Waals surface area contributed by atoms with Crippen molar-refractivity contribution < 1.29 is 9.59 Å². The van der Waals surface area contributed by atoms with E-state index in [-0.39, 0.29) is 34.8 Å². The summed E-state index contributed by atoms with van der Waals surface area (Å²) in [6, 6.07) is 4.26. The van der Waals surface area contributed by atoms with Gasteiger partial charge in [0.05, 0.1) is 16.6 Å². The number of nitrogens with two attached hydrogens (primary N) is 1. The van der Waals surface area contributed by atoms with Crippen LogP contribution in [0.5, 0.6) is 0 Å².